The van der Waals surface area contributed by atoms with Gasteiger partial charge in [0.1, 0.15) is 29.6 Å². The number of aliphatic hydroxyl groups excluding tert-OH is 1. The Morgan fingerprint density at radius 1 is 1.31 bits per heavy atom. The van der Waals surface area contributed by atoms with Crippen molar-refractivity contribution in [2.75, 3.05) is 5.73 Å². The normalized spacial score (nSPS) is 25.7. The number of esters is 1. The van der Waals surface area contributed by atoms with Crippen molar-refractivity contribution in [2.24, 2.45) is 0 Å². The number of aromatic nitrogens is 2. The minimum Gasteiger partial charge on any atom is -0.462 e. The van der Waals surface area contributed by atoms with Gasteiger partial charge < -0.3 is 24.8 Å². The molecule has 216 valence electrons. The second-order valence-electron chi connectivity index (χ2n) is 10.1. The van der Waals surface area contributed by atoms with Crippen molar-refractivity contribution in [1.82, 2.24) is 14.6 Å². The quantitative estimate of drug-likeness (QED) is 0.282. The molecule has 1 unspecified atom stereocenters. The zero-order valence-corrected chi connectivity index (χ0v) is 23.2. The summed E-state index contributed by atoms with van der Waals surface area (Å²) in [6, 6.07) is 6.73. The second-order valence-corrected chi connectivity index (χ2v) is 11.7. The molecule has 1 aliphatic heterocycles. The first-order valence-electron chi connectivity index (χ1n) is 12.1. The molecule has 0 amide bonds. The molecule has 2 heterocycles. The zero-order chi connectivity index (χ0) is 29.3. The molecule has 0 radical (unpaired) electrons. The lowest BCUT2D eigenvalue weighted by atomic mass is 9.90. The van der Waals surface area contributed by atoms with E-state index in [1.54, 1.807) is 32.0 Å². The predicted molar refractivity (Wildman–Crippen MR) is 136 cm³/mol. The van der Waals surface area contributed by atoms with E-state index in [-0.39, 0.29) is 5.75 Å². The molecule has 2 aromatic rings. The van der Waals surface area contributed by atoms with Gasteiger partial charge in [-0.2, -0.15) is 10.1 Å². The molecule has 15 heteroatoms. The van der Waals surface area contributed by atoms with Gasteiger partial charge >= 0.3 is 19.4 Å². The van der Waals surface area contributed by atoms with Crippen molar-refractivity contribution in [3.8, 4) is 5.75 Å². The van der Waals surface area contributed by atoms with Crippen LogP contribution in [0.4, 0.5) is 14.6 Å². The first-order valence-corrected chi connectivity index (χ1v) is 13.6. The fourth-order valence-corrected chi connectivity index (χ4v) is 5.82. The fourth-order valence-electron chi connectivity index (χ4n) is 3.97. The van der Waals surface area contributed by atoms with Crippen LogP contribution in [0.2, 0.25) is 0 Å². The van der Waals surface area contributed by atoms with Gasteiger partial charge in [-0.05, 0) is 53.7 Å². The van der Waals surface area contributed by atoms with Crippen LogP contribution in [0.3, 0.4) is 0 Å². The number of alkyl halides is 1. The number of para-hydroxylation sites is 1. The molecule has 0 aliphatic carbocycles. The molecule has 1 aromatic heterocycles. The molecule has 0 spiro atoms. The van der Waals surface area contributed by atoms with Crippen LogP contribution in [0, 0.1) is 5.82 Å². The molecular weight excluding hydrogens is 541 g/mol. The number of nitrogens with two attached hydrogens (primary N) is 1. The molecule has 1 saturated heterocycles. The minimum atomic E-state index is -4.47. The molecule has 6 atom stereocenters. The van der Waals surface area contributed by atoms with Crippen LogP contribution in [0.15, 0.2) is 41.3 Å². The van der Waals surface area contributed by atoms with E-state index in [4.69, 9.17) is 24.3 Å². The number of carbonyl (C=O) groups excluding carboxylic acids is 1. The molecule has 3 rings (SSSR count). The van der Waals surface area contributed by atoms with Crippen LogP contribution in [0.25, 0.3) is 0 Å². The zero-order valence-electron chi connectivity index (χ0n) is 22.3. The lowest BCUT2D eigenvalue weighted by Gasteiger charge is -2.36. The number of hydrogen-bond donors (Lipinski definition) is 3. The van der Waals surface area contributed by atoms with E-state index < -0.39 is 72.9 Å². The van der Waals surface area contributed by atoms with E-state index in [0.29, 0.717) is 10.8 Å². The first kappa shape index (κ1) is 30.6. The van der Waals surface area contributed by atoms with Gasteiger partial charge in [-0.3, -0.25) is 13.9 Å². The van der Waals surface area contributed by atoms with Gasteiger partial charge in [0, 0.05) is 0 Å². The summed E-state index contributed by atoms with van der Waals surface area (Å²) in [5.74, 6) is -2.42. The number of anilines is 1. The van der Waals surface area contributed by atoms with E-state index in [1.165, 1.54) is 32.9 Å². The lowest BCUT2D eigenvalue weighted by Crippen LogP contribution is -2.50. The van der Waals surface area contributed by atoms with Gasteiger partial charge in [0.15, 0.2) is 23.5 Å². The largest absolute Gasteiger partial charge is 0.462 e. The standard InChI is InChI=1S/C24H33F2N4O8P/c1-13(2)35-20(32)14(3)29-39(34,37-15-10-8-7-9-11-15)38-23(4,5)18-17(31)24(6,26)21(36-18)30-12-16(25)19(27)28-22(30)33/h7-14,17-18,21,31H,1-6H3,(H,29,34)(H2,27,28,33)/t14-,17?,18-,21+,24+,39+/m0/s1. The highest BCUT2D eigenvalue weighted by Gasteiger charge is 2.61. The molecule has 1 aliphatic rings. The summed E-state index contributed by atoms with van der Waals surface area (Å²) in [4.78, 5) is 28.1. The molecule has 1 fully saturated rings. The Morgan fingerprint density at radius 2 is 1.92 bits per heavy atom. The van der Waals surface area contributed by atoms with Crippen molar-refractivity contribution in [2.45, 2.75) is 83.4 Å². The Labute approximate surface area is 224 Å². The summed E-state index contributed by atoms with van der Waals surface area (Å²) >= 11 is 0. The third-order valence-corrected chi connectivity index (χ3v) is 7.74. The third-order valence-electron chi connectivity index (χ3n) is 5.88. The maximum atomic E-state index is 15.8. The molecule has 4 N–H and O–H groups in total. The van der Waals surface area contributed by atoms with E-state index in [9.17, 15) is 23.7 Å². The van der Waals surface area contributed by atoms with Crippen LogP contribution < -0.4 is 21.0 Å². The van der Waals surface area contributed by atoms with E-state index in [1.807, 2.05) is 0 Å². The van der Waals surface area contributed by atoms with Crippen molar-refractivity contribution in [1.29, 1.82) is 0 Å². The van der Waals surface area contributed by atoms with Gasteiger partial charge in [-0.15, -0.1) is 0 Å². The van der Waals surface area contributed by atoms with E-state index in [0.717, 1.165) is 6.92 Å². The number of hydrogen-bond acceptors (Lipinski definition) is 10. The summed E-state index contributed by atoms with van der Waals surface area (Å²) in [5, 5.41) is 13.4. The number of halogens is 2. The monoisotopic (exact) mass is 574 g/mol. The maximum Gasteiger partial charge on any atom is 0.460 e. The summed E-state index contributed by atoms with van der Waals surface area (Å²) < 4.78 is 66.7. The van der Waals surface area contributed by atoms with Crippen molar-refractivity contribution in [3.05, 3.63) is 52.8 Å². The molecule has 1 aromatic carbocycles. The number of benzene rings is 1. The molecular formula is C24H33F2N4O8P. The Kier molecular flexibility index (Phi) is 8.88. The van der Waals surface area contributed by atoms with Gasteiger partial charge in [0.2, 0.25) is 0 Å². The van der Waals surface area contributed by atoms with Crippen LogP contribution in [0.1, 0.15) is 47.8 Å². The summed E-state index contributed by atoms with van der Waals surface area (Å²) in [7, 11) is -4.47. The Balaban J connectivity index is 1.94. The van der Waals surface area contributed by atoms with E-state index >= 15 is 4.39 Å². The highest BCUT2D eigenvalue weighted by molar-refractivity contribution is 7.52. The highest BCUT2D eigenvalue weighted by atomic mass is 31.2. The van der Waals surface area contributed by atoms with Gasteiger partial charge in [0.25, 0.3) is 0 Å². The van der Waals surface area contributed by atoms with Gasteiger partial charge in [-0.25, -0.2) is 18.1 Å². The van der Waals surface area contributed by atoms with E-state index in [2.05, 4.69) is 10.1 Å². The van der Waals surface area contributed by atoms with Gasteiger partial charge in [-0.1, -0.05) is 18.2 Å². The first-order chi connectivity index (χ1) is 18.0. The average Bonchev–Trinajstić information content (AvgIpc) is 3.05. The molecule has 0 bridgehead atoms. The van der Waals surface area contributed by atoms with Crippen molar-refractivity contribution in [3.63, 3.8) is 0 Å². The summed E-state index contributed by atoms with van der Waals surface area (Å²) in [6.45, 7) is 8.28. The topological polar surface area (TPSA) is 164 Å². The maximum absolute atomic E-state index is 15.8. The Hall–Kier alpha value is -2.90. The minimum absolute atomic E-state index is 0.115. The predicted octanol–water partition coefficient (Wildman–Crippen LogP) is 2.86. The fraction of sp³-hybridized carbons (Fsp3) is 0.542. The number of nitrogens with one attached hydrogen (secondary N) is 1. The van der Waals surface area contributed by atoms with Gasteiger partial charge in [0.05, 0.1) is 12.3 Å². The van der Waals surface area contributed by atoms with Crippen LogP contribution >= 0.6 is 7.75 Å². The smallest absolute Gasteiger partial charge is 0.460 e. The average molecular weight is 575 g/mol. The van der Waals surface area contributed by atoms with Crippen molar-refractivity contribution >= 4 is 19.5 Å². The molecule has 0 saturated carbocycles. The summed E-state index contributed by atoms with van der Waals surface area (Å²) in [5.41, 5.74) is -0.256. The number of ether oxygens (including phenoxy) is 2. The Bertz CT molecular complexity index is 1290. The number of aliphatic hydroxyl groups is 1. The number of nitrogen functional groups attached to an aromatic ring is 1. The molecule has 39 heavy (non-hydrogen) atoms. The van der Waals surface area contributed by atoms with Crippen LogP contribution in [-0.2, 0) is 23.4 Å². The SMILES string of the molecule is CC(C)OC(=O)[C@H](C)N[P@@](=O)(Oc1ccccc1)OC(C)(C)[C@H]1O[C@@H](n2cc(F)c(N)nc2=O)[C@](C)(F)C1O. The van der Waals surface area contributed by atoms with Crippen LogP contribution in [-0.4, -0.2) is 56.3 Å². The Morgan fingerprint density at radius 3 is 2.51 bits per heavy atom. The molecule has 12 nitrogen and oxygen atoms in total. The van der Waals surface area contributed by atoms with Crippen molar-refractivity contribution < 1.29 is 41.8 Å². The summed E-state index contributed by atoms with van der Waals surface area (Å²) in [6.07, 6.45) is -5.22. The third kappa shape index (κ3) is 6.82. The second kappa shape index (κ2) is 11.3. The number of nitrogens with zero attached hydrogens (tertiary/aromatic N) is 2. The highest BCUT2D eigenvalue weighted by Crippen LogP contribution is 2.53. The van der Waals surface area contributed by atoms with Crippen LogP contribution in [0.5, 0.6) is 5.75 Å². The number of carbonyl (C=O) groups is 1. The number of rotatable bonds is 10. The lowest BCUT2D eigenvalue weighted by molar-refractivity contribution is -0.149.